The summed E-state index contributed by atoms with van der Waals surface area (Å²) in [7, 11) is 3.11. The summed E-state index contributed by atoms with van der Waals surface area (Å²) < 4.78 is 17.6. The van der Waals surface area contributed by atoms with E-state index in [9.17, 15) is 5.26 Å². The maximum atomic E-state index is 9.40. The number of fused-ring (bicyclic) bond motifs is 1. The Morgan fingerprint density at radius 3 is 2.58 bits per heavy atom. The van der Waals surface area contributed by atoms with Crippen LogP contribution in [0.25, 0.3) is 10.9 Å². The lowest BCUT2D eigenvalue weighted by atomic mass is 10.1. The lowest BCUT2D eigenvalue weighted by Gasteiger charge is -2.14. The third kappa shape index (κ3) is 2.86. The van der Waals surface area contributed by atoms with Crippen LogP contribution in [0.3, 0.4) is 0 Å². The normalized spacial score (nSPS) is 10.2. The summed E-state index contributed by atoms with van der Waals surface area (Å²) in [5.74, 6) is 2.11. The van der Waals surface area contributed by atoms with Crippen LogP contribution in [0.5, 0.6) is 23.0 Å². The second kappa shape index (κ2) is 6.77. The molecule has 0 aliphatic rings. The summed E-state index contributed by atoms with van der Waals surface area (Å²) in [4.78, 5) is 4.33. The lowest BCUT2D eigenvalue weighted by Crippen LogP contribution is -1.97. The SMILES string of the molecule is COc1ccc2c(Oc3cccc(Br)c3)c(C#N)cnc2c1OC. The molecule has 1 heterocycles. The van der Waals surface area contributed by atoms with Crippen molar-refractivity contribution in [2.24, 2.45) is 0 Å². The molecule has 24 heavy (non-hydrogen) atoms. The van der Waals surface area contributed by atoms with E-state index in [2.05, 4.69) is 27.0 Å². The van der Waals surface area contributed by atoms with E-state index < -0.39 is 0 Å². The molecule has 120 valence electrons. The fourth-order valence-electron chi connectivity index (χ4n) is 2.39. The second-order valence-electron chi connectivity index (χ2n) is 4.87. The van der Waals surface area contributed by atoms with Crippen molar-refractivity contribution in [3.8, 4) is 29.1 Å². The highest BCUT2D eigenvalue weighted by atomic mass is 79.9. The molecule has 0 saturated heterocycles. The van der Waals surface area contributed by atoms with Crippen molar-refractivity contribution in [1.29, 1.82) is 5.26 Å². The third-order valence-electron chi connectivity index (χ3n) is 3.47. The van der Waals surface area contributed by atoms with Gasteiger partial charge in [0, 0.05) is 16.1 Å². The van der Waals surface area contributed by atoms with Gasteiger partial charge in [-0.1, -0.05) is 22.0 Å². The molecule has 0 fully saturated rings. The number of aromatic nitrogens is 1. The van der Waals surface area contributed by atoms with Gasteiger partial charge in [-0.2, -0.15) is 5.26 Å². The molecule has 0 radical (unpaired) electrons. The zero-order valence-electron chi connectivity index (χ0n) is 13.0. The van der Waals surface area contributed by atoms with Crippen molar-refractivity contribution in [3.63, 3.8) is 0 Å². The molecule has 0 bridgehead atoms. The number of nitriles is 1. The minimum atomic E-state index is 0.342. The van der Waals surface area contributed by atoms with Crippen LogP contribution in [0, 0.1) is 11.3 Å². The van der Waals surface area contributed by atoms with Crippen LogP contribution < -0.4 is 14.2 Å². The number of halogens is 1. The van der Waals surface area contributed by atoms with E-state index >= 15 is 0 Å². The van der Waals surface area contributed by atoms with Crippen LogP contribution >= 0.6 is 15.9 Å². The molecule has 2 aromatic carbocycles. The predicted octanol–water partition coefficient (Wildman–Crippen LogP) is 4.68. The van der Waals surface area contributed by atoms with E-state index in [0.717, 1.165) is 4.47 Å². The van der Waals surface area contributed by atoms with Crippen LogP contribution in [0.2, 0.25) is 0 Å². The first-order chi connectivity index (χ1) is 11.7. The number of rotatable bonds is 4. The highest BCUT2D eigenvalue weighted by Crippen LogP contribution is 2.40. The average molecular weight is 385 g/mol. The fraction of sp³-hybridized carbons (Fsp3) is 0.111. The molecule has 5 nitrogen and oxygen atoms in total. The first kappa shape index (κ1) is 16.1. The molecule has 0 aliphatic heterocycles. The second-order valence-corrected chi connectivity index (χ2v) is 5.79. The van der Waals surface area contributed by atoms with Crippen molar-refractivity contribution in [1.82, 2.24) is 4.98 Å². The summed E-state index contributed by atoms with van der Waals surface area (Å²) in [5.41, 5.74) is 0.913. The van der Waals surface area contributed by atoms with Crippen molar-refractivity contribution in [3.05, 3.63) is 52.6 Å². The maximum Gasteiger partial charge on any atom is 0.187 e. The zero-order chi connectivity index (χ0) is 17.1. The Labute approximate surface area is 147 Å². The molecular formula is C18H13BrN2O3. The molecule has 3 aromatic rings. The maximum absolute atomic E-state index is 9.40. The standard InChI is InChI=1S/C18H13BrN2O3/c1-22-15-7-6-14-16(18(15)23-2)21-10-11(9-20)17(14)24-13-5-3-4-12(19)8-13/h3-8,10H,1-2H3. The summed E-state index contributed by atoms with van der Waals surface area (Å²) in [6.07, 6.45) is 1.47. The molecule has 3 rings (SSSR count). The lowest BCUT2D eigenvalue weighted by molar-refractivity contribution is 0.358. The smallest absolute Gasteiger partial charge is 0.187 e. The fourth-order valence-corrected chi connectivity index (χ4v) is 2.77. The number of methoxy groups -OCH3 is 2. The van der Waals surface area contributed by atoms with E-state index in [1.807, 2.05) is 24.3 Å². The molecule has 1 aromatic heterocycles. The van der Waals surface area contributed by atoms with E-state index in [1.165, 1.54) is 6.20 Å². The number of hydrogen-bond donors (Lipinski definition) is 0. The Hall–Kier alpha value is -2.78. The summed E-state index contributed by atoms with van der Waals surface area (Å²) in [6, 6.07) is 13.1. The molecule has 0 aliphatic carbocycles. The van der Waals surface area contributed by atoms with Gasteiger partial charge in [0.05, 0.1) is 14.2 Å². The number of nitrogens with zero attached hydrogens (tertiary/aromatic N) is 2. The van der Waals surface area contributed by atoms with Gasteiger partial charge >= 0.3 is 0 Å². The number of pyridine rings is 1. The summed E-state index contributed by atoms with van der Waals surface area (Å²) in [6.45, 7) is 0. The van der Waals surface area contributed by atoms with Crippen LogP contribution in [0.4, 0.5) is 0 Å². The topological polar surface area (TPSA) is 64.4 Å². The Balaban J connectivity index is 2.23. The molecule has 0 saturated carbocycles. The minimum absolute atomic E-state index is 0.342. The average Bonchev–Trinajstić information content (AvgIpc) is 2.60. The Kier molecular flexibility index (Phi) is 4.54. The quantitative estimate of drug-likeness (QED) is 0.653. The van der Waals surface area contributed by atoms with E-state index in [-0.39, 0.29) is 0 Å². The summed E-state index contributed by atoms with van der Waals surface area (Å²) >= 11 is 3.41. The van der Waals surface area contributed by atoms with Crippen molar-refractivity contribution < 1.29 is 14.2 Å². The number of hydrogen-bond acceptors (Lipinski definition) is 5. The van der Waals surface area contributed by atoms with Crippen LogP contribution in [0.15, 0.2) is 47.1 Å². The Morgan fingerprint density at radius 2 is 1.92 bits per heavy atom. The van der Waals surface area contributed by atoms with Gasteiger partial charge in [0.25, 0.3) is 0 Å². The van der Waals surface area contributed by atoms with Crippen molar-refractivity contribution in [2.45, 2.75) is 0 Å². The van der Waals surface area contributed by atoms with Gasteiger partial charge in [-0.05, 0) is 30.3 Å². The molecule has 0 N–H and O–H groups in total. The van der Waals surface area contributed by atoms with Crippen molar-refractivity contribution in [2.75, 3.05) is 14.2 Å². The molecule has 0 unspecified atom stereocenters. The first-order valence-corrected chi connectivity index (χ1v) is 7.84. The number of ether oxygens (including phenoxy) is 3. The highest BCUT2D eigenvalue weighted by Gasteiger charge is 2.17. The van der Waals surface area contributed by atoms with Gasteiger partial charge in [0.1, 0.15) is 22.9 Å². The molecular weight excluding hydrogens is 372 g/mol. The summed E-state index contributed by atoms with van der Waals surface area (Å²) in [5, 5.41) is 10.1. The van der Waals surface area contributed by atoms with Gasteiger partial charge < -0.3 is 14.2 Å². The zero-order valence-corrected chi connectivity index (χ0v) is 14.6. The number of benzene rings is 2. The minimum Gasteiger partial charge on any atom is -0.493 e. The van der Waals surface area contributed by atoms with Crippen LogP contribution in [-0.4, -0.2) is 19.2 Å². The molecule has 0 spiro atoms. The Morgan fingerprint density at radius 1 is 1.08 bits per heavy atom. The molecule has 0 atom stereocenters. The van der Waals surface area contributed by atoms with E-state index in [0.29, 0.717) is 39.5 Å². The molecule has 6 heteroatoms. The predicted molar refractivity (Wildman–Crippen MR) is 93.8 cm³/mol. The van der Waals surface area contributed by atoms with Gasteiger partial charge in [-0.25, -0.2) is 0 Å². The van der Waals surface area contributed by atoms with Crippen molar-refractivity contribution >= 4 is 26.8 Å². The molecule has 0 amide bonds. The van der Waals surface area contributed by atoms with Crippen LogP contribution in [0.1, 0.15) is 5.56 Å². The highest BCUT2D eigenvalue weighted by molar-refractivity contribution is 9.10. The largest absolute Gasteiger partial charge is 0.493 e. The van der Waals surface area contributed by atoms with E-state index in [4.69, 9.17) is 14.2 Å². The van der Waals surface area contributed by atoms with Gasteiger partial charge in [0.15, 0.2) is 17.2 Å². The Bertz CT molecular complexity index is 951. The van der Waals surface area contributed by atoms with Gasteiger partial charge in [-0.3, -0.25) is 4.98 Å². The third-order valence-corrected chi connectivity index (χ3v) is 3.96. The van der Waals surface area contributed by atoms with Crippen LogP contribution in [-0.2, 0) is 0 Å². The first-order valence-electron chi connectivity index (χ1n) is 7.05. The van der Waals surface area contributed by atoms with Gasteiger partial charge in [-0.15, -0.1) is 0 Å². The van der Waals surface area contributed by atoms with E-state index in [1.54, 1.807) is 26.4 Å². The monoisotopic (exact) mass is 384 g/mol. The van der Waals surface area contributed by atoms with Gasteiger partial charge in [0.2, 0.25) is 0 Å².